The lowest BCUT2D eigenvalue weighted by atomic mass is 9.96. The van der Waals surface area contributed by atoms with Crippen LogP contribution < -0.4 is 15.4 Å². The van der Waals surface area contributed by atoms with E-state index in [0.29, 0.717) is 36.5 Å². The molecule has 1 saturated carbocycles. The van der Waals surface area contributed by atoms with Crippen LogP contribution in [0.4, 0.5) is 10.5 Å². The summed E-state index contributed by atoms with van der Waals surface area (Å²) in [5.41, 5.74) is 0.846. The number of likely N-dealkylation sites (N-methyl/N-ethyl adjacent to an activating group) is 1. The standard InChI is InChI=1S/C29H47N5O5/c1-20-17-34(21(2)19-35)28(37)24-16-23(30-27(36)12-9-15-32(3)4)13-14-25(24)39-26(20)18-33(5)29(38)31-22-10-7-6-8-11-22/h13-14,16,20-22,26,35H,6-12,15,17-19H2,1-5H3,(H,30,36)(H,31,38)/t20-,21+,26+/m0/s1. The molecule has 1 aromatic rings. The minimum atomic E-state index is -0.400. The maximum Gasteiger partial charge on any atom is 0.317 e. The van der Waals surface area contributed by atoms with Crippen molar-refractivity contribution >= 4 is 23.5 Å². The van der Waals surface area contributed by atoms with Crippen LogP contribution in [0, 0.1) is 5.92 Å². The molecular formula is C29H47N5O5. The Labute approximate surface area is 233 Å². The Morgan fingerprint density at radius 2 is 1.90 bits per heavy atom. The van der Waals surface area contributed by atoms with Gasteiger partial charge in [0.15, 0.2) is 0 Å². The van der Waals surface area contributed by atoms with Crippen molar-refractivity contribution in [3.63, 3.8) is 0 Å². The minimum absolute atomic E-state index is 0.0999. The molecule has 4 amide bonds. The minimum Gasteiger partial charge on any atom is -0.487 e. The Morgan fingerprint density at radius 3 is 2.56 bits per heavy atom. The second-order valence-corrected chi connectivity index (χ2v) is 11.5. The van der Waals surface area contributed by atoms with E-state index in [2.05, 4.69) is 10.6 Å². The van der Waals surface area contributed by atoms with E-state index >= 15 is 0 Å². The predicted octanol–water partition coefficient (Wildman–Crippen LogP) is 3.16. The van der Waals surface area contributed by atoms with Gasteiger partial charge < -0.3 is 35.2 Å². The van der Waals surface area contributed by atoms with Gasteiger partial charge in [0.1, 0.15) is 11.9 Å². The predicted molar refractivity (Wildman–Crippen MR) is 152 cm³/mol. The lowest BCUT2D eigenvalue weighted by Gasteiger charge is -2.38. The van der Waals surface area contributed by atoms with E-state index < -0.39 is 6.04 Å². The highest BCUT2D eigenvalue weighted by Gasteiger charge is 2.34. The molecule has 1 aromatic carbocycles. The van der Waals surface area contributed by atoms with Crippen LogP contribution in [0.15, 0.2) is 18.2 Å². The average molecular weight is 546 g/mol. The summed E-state index contributed by atoms with van der Waals surface area (Å²) >= 11 is 0. The zero-order chi connectivity index (χ0) is 28.5. The van der Waals surface area contributed by atoms with Crippen LogP contribution in [0.1, 0.15) is 69.2 Å². The third-order valence-corrected chi connectivity index (χ3v) is 7.69. The maximum atomic E-state index is 13.6. The third kappa shape index (κ3) is 8.83. The van der Waals surface area contributed by atoms with Crippen LogP contribution >= 0.6 is 0 Å². The number of ether oxygens (including phenoxy) is 1. The first kappa shape index (κ1) is 30.7. The van der Waals surface area contributed by atoms with Gasteiger partial charge in [-0.1, -0.05) is 26.2 Å². The van der Waals surface area contributed by atoms with Crippen molar-refractivity contribution in [2.24, 2.45) is 5.92 Å². The van der Waals surface area contributed by atoms with Crippen molar-refractivity contribution < 1.29 is 24.2 Å². The molecule has 3 rings (SSSR count). The Hall–Kier alpha value is -2.85. The molecule has 1 aliphatic carbocycles. The number of nitrogens with one attached hydrogen (secondary N) is 2. The number of anilines is 1. The summed E-state index contributed by atoms with van der Waals surface area (Å²) in [6.07, 6.45) is 6.25. The summed E-state index contributed by atoms with van der Waals surface area (Å²) in [4.78, 5) is 44.4. The topological polar surface area (TPSA) is 114 Å². The smallest absolute Gasteiger partial charge is 0.317 e. The normalized spacial score (nSPS) is 20.9. The highest BCUT2D eigenvalue weighted by molar-refractivity contribution is 5.99. The Kier molecular flexibility index (Phi) is 11.4. The molecule has 0 spiro atoms. The molecule has 0 aromatic heterocycles. The number of hydrogen-bond donors (Lipinski definition) is 3. The number of carbonyl (C=O) groups excluding carboxylic acids is 3. The number of nitrogens with zero attached hydrogens (tertiary/aromatic N) is 3. The number of aliphatic hydroxyl groups is 1. The number of hydrogen-bond acceptors (Lipinski definition) is 6. The van der Waals surface area contributed by atoms with Crippen LogP contribution in [0.3, 0.4) is 0 Å². The van der Waals surface area contributed by atoms with Crippen molar-refractivity contribution in [1.29, 1.82) is 0 Å². The molecule has 1 fully saturated rings. The van der Waals surface area contributed by atoms with Gasteiger partial charge in [0.05, 0.1) is 24.8 Å². The average Bonchev–Trinajstić information content (AvgIpc) is 2.90. The van der Waals surface area contributed by atoms with E-state index in [9.17, 15) is 19.5 Å². The van der Waals surface area contributed by atoms with Crippen LogP contribution in [-0.2, 0) is 4.79 Å². The molecule has 3 atom stereocenters. The first-order chi connectivity index (χ1) is 18.6. The van der Waals surface area contributed by atoms with E-state index in [1.807, 2.05) is 32.8 Å². The van der Waals surface area contributed by atoms with E-state index in [0.717, 1.165) is 38.6 Å². The van der Waals surface area contributed by atoms with Gasteiger partial charge in [-0.3, -0.25) is 9.59 Å². The summed E-state index contributed by atoms with van der Waals surface area (Å²) in [5.74, 6) is -0.0758. The number of rotatable bonds is 10. The van der Waals surface area contributed by atoms with Crippen molar-refractivity contribution in [3.05, 3.63) is 23.8 Å². The van der Waals surface area contributed by atoms with Crippen molar-refractivity contribution in [2.45, 2.75) is 77.0 Å². The molecule has 0 radical (unpaired) electrons. The molecule has 10 nitrogen and oxygen atoms in total. The van der Waals surface area contributed by atoms with Gasteiger partial charge in [-0.2, -0.15) is 0 Å². The second kappa shape index (κ2) is 14.5. The van der Waals surface area contributed by atoms with Crippen LogP contribution in [0.25, 0.3) is 0 Å². The second-order valence-electron chi connectivity index (χ2n) is 11.5. The number of carbonyl (C=O) groups is 3. The highest BCUT2D eigenvalue weighted by atomic mass is 16.5. The third-order valence-electron chi connectivity index (χ3n) is 7.69. The quantitative estimate of drug-likeness (QED) is 0.416. The van der Waals surface area contributed by atoms with E-state index in [4.69, 9.17) is 4.74 Å². The van der Waals surface area contributed by atoms with Crippen LogP contribution in [0.5, 0.6) is 5.75 Å². The van der Waals surface area contributed by atoms with Crippen molar-refractivity contribution in [2.75, 3.05) is 52.7 Å². The molecule has 2 aliphatic rings. The number of aliphatic hydroxyl groups excluding tert-OH is 1. The number of urea groups is 1. The highest BCUT2D eigenvalue weighted by Crippen LogP contribution is 2.31. The Morgan fingerprint density at radius 1 is 1.18 bits per heavy atom. The summed E-state index contributed by atoms with van der Waals surface area (Å²) in [6.45, 7) is 5.15. The van der Waals surface area contributed by atoms with Gasteiger partial charge in [-0.05, 0) is 65.0 Å². The van der Waals surface area contributed by atoms with Gasteiger partial charge in [0.25, 0.3) is 5.91 Å². The lowest BCUT2D eigenvalue weighted by Crippen LogP contribution is -2.52. The first-order valence-electron chi connectivity index (χ1n) is 14.3. The van der Waals surface area contributed by atoms with Gasteiger partial charge in [0.2, 0.25) is 5.91 Å². The summed E-state index contributed by atoms with van der Waals surface area (Å²) in [6, 6.07) is 4.77. The largest absolute Gasteiger partial charge is 0.487 e. The zero-order valence-corrected chi connectivity index (χ0v) is 24.2. The number of fused-ring (bicyclic) bond motifs is 1. The zero-order valence-electron chi connectivity index (χ0n) is 24.2. The van der Waals surface area contributed by atoms with Crippen molar-refractivity contribution in [3.8, 4) is 5.75 Å². The Bertz CT molecular complexity index is 981. The van der Waals surface area contributed by atoms with E-state index in [1.54, 1.807) is 35.0 Å². The summed E-state index contributed by atoms with van der Waals surface area (Å²) in [7, 11) is 5.70. The molecule has 0 bridgehead atoms. The number of amides is 4. The molecule has 218 valence electrons. The fourth-order valence-corrected chi connectivity index (χ4v) is 5.18. The van der Waals surface area contributed by atoms with E-state index in [-0.39, 0.29) is 42.5 Å². The fourth-order valence-electron chi connectivity index (χ4n) is 5.18. The molecule has 3 N–H and O–H groups in total. The monoisotopic (exact) mass is 545 g/mol. The summed E-state index contributed by atoms with van der Waals surface area (Å²) < 4.78 is 6.39. The Balaban J connectivity index is 1.78. The summed E-state index contributed by atoms with van der Waals surface area (Å²) in [5, 5.41) is 15.9. The molecule has 0 unspecified atom stereocenters. The van der Waals surface area contributed by atoms with Gasteiger partial charge >= 0.3 is 6.03 Å². The lowest BCUT2D eigenvalue weighted by molar-refractivity contribution is -0.116. The molecular weight excluding hydrogens is 498 g/mol. The molecule has 39 heavy (non-hydrogen) atoms. The van der Waals surface area contributed by atoms with E-state index in [1.165, 1.54) is 6.42 Å². The molecule has 1 heterocycles. The van der Waals surface area contributed by atoms with Gasteiger partial charge in [-0.25, -0.2) is 4.79 Å². The van der Waals surface area contributed by atoms with Gasteiger partial charge in [0, 0.05) is 37.7 Å². The number of benzene rings is 1. The molecule has 0 saturated heterocycles. The maximum absolute atomic E-state index is 13.6. The fraction of sp³-hybridized carbons (Fsp3) is 0.690. The van der Waals surface area contributed by atoms with Gasteiger partial charge in [-0.15, -0.1) is 0 Å². The molecule has 1 aliphatic heterocycles. The van der Waals surface area contributed by atoms with Crippen LogP contribution in [-0.4, -0.2) is 103 Å². The SMILES string of the molecule is C[C@H](CO)N1C[C@H](C)[C@@H](CN(C)C(=O)NC2CCCCC2)Oc2ccc(NC(=O)CCCN(C)C)cc2C1=O. The first-order valence-corrected chi connectivity index (χ1v) is 14.3. The van der Waals surface area contributed by atoms with Crippen molar-refractivity contribution in [1.82, 2.24) is 20.0 Å². The molecule has 10 heteroatoms. The van der Waals surface area contributed by atoms with Crippen LogP contribution in [0.2, 0.25) is 0 Å².